The lowest BCUT2D eigenvalue weighted by molar-refractivity contribution is -0.120. The van der Waals surface area contributed by atoms with Gasteiger partial charge in [0.15, 0.2) is 0 Å². The molecule has 2 rings (SSSR count). The second kappa shape index (κ2) is 6.43. The Hall–Kier alpha value is -2.63. The van der Waals surface area contributed by atoms with Gasteiger partial charge in [-0.1, -0.05) is 12.1 Å². The number of nitrogens with two attached hydrogens (primary N) is 1. The minimum atomic E-state index is -1.01. The van der Waals surface area contributed by atoms with Crippen LogP contribution in [0, 0.1) is 5.82 Å². The fourth-order valence-corrected chi connectivity index (χ4v) is 2.22. The van der Waals surface area contributed by atoms with Crippen molar-refractivity contribution < 1.29 is 14.0 Å². The van der Waals surface area contributed by atoms with Gasteiger partial charge in [-0.25, -0.2) is 4.39 Å². The maximum absolute atomic E-state index is 13.0. The summed E-state index contributed by atoms with van der Waals surface area (Å²) in [5.74, 6) is -1.54. The predicted octanol–water partition coefficient (Wildman–Crippen LogP) is 2.16. The van der Waals surface area contributed by atoms with Gasteiger partial charge >= 0.3 is 0 Å². The van der Waals surface area contributed by atoms with Crippen LogP contribution in [0.3, 0.4) is 0 Å². The standard InChI is InChI=1S/C16H18FN3O2/c1-10(2)20-9-3-4-13(20)16(22)19-14(15(18)21)11-5-7-12(17)8-6-11/h3-10,14H,1-2H3,(H2,18,21)(H,19,22)/t14-/m0/s1. The number of aromatic nitrogens is 1. The van der Waals surface area contributed by atoms with Crippen molar-refractivity contribution in [2.75, 3.05) is 0 Å². The third-order valence-electron chi connectivity index (χ3n) is 3.33. The summed E-state index contributed by atoms with van der Waals surface area (Å²) in [5.41, 5.74) is 6.22. The first-order valence-electron chi connectivity index (χ1n) is 6.92. The van der Waals surface area contributed by atoms with Crippen molar-refractivity contribution in [2.45, 2.75) is 25.9 Å². The highest BCUT2D eigenvalue weighted by Crippen LogP contribution is 2.16. The van der Waals surface area contributed by atoms with Gasteiger partial charge in [0, 0.05) is 12.2 Å². The van der Waals surface area contributed by atoms with Crippen molar-refractivity contribution >= 4 is 11.8 Å². The molecule has 0 radical (unpaired) electrons. The van der Waals surface area contributed by atoms with E-state index in [9.17, 15) is 14.0 Å². The van der Waals surface area contributed by atoms with Crippen molar-refractivity contribution in [3.8, 4) is 0 Å². The van der Waals surface area contributed by atoms with Crippen LogP contribution in [0.25, 0.3) is 0 Å². The lowest BCUT2D eigenvalue weighted by Crippen LogP contribution is -2.38. The molecule has 0 unspecified atom stereocenters. The Morgan fingerprint density at radius 1 is 1.18 bits per heavy atom. The zero-order chi connectivity index (χ0) is 16.3. The molecule has 6 heteroatoms. The molecule has 2 amide bonds. The molecule has 0 saturated heterocycles. The third-order valence-corrected chi connectivity index (χ3v) is 3.33. The van der Waals surface area contributed by atoms with Gasteiger partial charge < -0.3 is 15.6 Å². The number of carbonyl (C=O) groups is 2. The van der Waals surface area contributed by atoms with Crippen molar-refractivity contribution in [3.05, 3.63) is 59.7 Å². The molecule has 0 aliphatic rings. The number of nitrogens with one attached hydrogen (secondary N) is 1. The van der Waals surface area contributed by atoms with Crippen LogP contribution in [-0.4, -0.2) is 16.4 Å². The van der Waals surface area contributed by atoms with Crippen LogP contribution in [0.2, 0.25) is 0 Å². The molecule has 1 aromatic carbocycles. The number of amides is 2. The molecule has 0 saturated carbocycles. The van der Waals surface area contributed by atoms with E-state index in [2.05, 4.69) is 5.32 Å². The first kappa shape index (κ1) is 15.8. The first-order valence-corrected chi connectivity index (χ1v) is 6.92. The fourth-order valence-electron chi connectivity index (χ4n) is 2.22. The summed E-state index contributed by atoms with van der Waals surface area (Å²) in [6.07, 6.45) is 1.79. The van der Waals surface area contributed by atoms with Crippen LogP contribution < -0.4 is 11.1 Å². The average molecular weight is 303 g/mol. The topological polar surface area (TPSA) is 77.1 Å². The Balaban J connectivity index is 2.24. The molecule has 0 fully saturated rings. The Kier molecular flexibility index (Phi) is 4.60. The number of hydrogen-bond acceptors (Lipinski definition) is 2. The maximum Gasteiger partial charge on any atom is 0.268 e. The van der Waals surface area contributed by atoms with E-state index in [4.69, 9.17) is 5.73 Å². The number of rotatable bonds is 5. The van der Waals surface area contributed by atoms with E-state index in [0.717, 1.165) is 0 Å². The zero-order valence-corrected chi connectivity index (χ0v) is 12.4. The van der Waals surface area contributed by atoms with E-state index < -0.39 is 23.7 Å². The molecule has 0 bridgehead atoms. The molecule has 1 aromatic heterocycles. The number of primary amides is 1. The summed E-state index contributed by atoms with van der Waals surface area (Å²) in [5, 5.41) is 2.59. The average Bonchev–Trinajstić information content (AvgIpc) is 2.95. The molecular formula is C16H18FN3O2. The van der Waals surface area contributed by atoms with Crippen LogP contribution in [0.5, 0.6) is 0 Å². The largest absolute Gasteiger partial charge is 0.368 e. The van der Waals surface area contributed by atoms with Gasteiger partial charge in [-0.15, -0.1) is 0 Å². The molecule has 116 valence electrons. The minimum absolute atomic E-state index is 0.105. The molecule has 2 aromatic rings. The summed E-state index contributed by atoms with van der Waals surface area (Å²) in [6, 6.07) is 7.79. The summed E-state index contributed by atoms with van der Waals surface area (Å²) >= 11 is 0. The van der Waals surface area contributed by atoms with Gasteiger partial charge in [-0.3, -0.25) is 9.59 Å². The first-order chi connectivity index (χ1) is 10.4. The molecule has 0 aliphatic carbocycles. The van der Waals surface area contributed by atoms with Gasteiger partial charge in [-0.05, 0) is 43.7 Å². The van der Waals surface area contributed by atoms with Gasteiger partial charge in [0.05, 0.1) is 0 Å². The van der Waals surface area contributed by atoms with Crippen molar-refractivity contribution in [1.82, 2.24) is 9.88 Å². The van der Waals surface area contributed by atoms with E-state index in [-0.39, 0.29) is 6.04 Å². The normalized spacial score (nSPS) is 12.2. The van der Waals surface area contributed by atoms with E-state index >= 15 is 0 Å². The molecule has 1 heterocycles. The Bertz CT molecular complexity index is 677. The number of nitrogens with zero attached hydrogens (tertiary/aromatic N) is 1. The third kappa shape index (κ3) is 3.33. The summed E-state index contributed by atoms with van der Waals surface area (Å²) in [7, 11) is 0. The van der Waals surface area contributed by atoms with Crippen LogP contribution in [0.4, 0.5) is 4.39 Å². The zero-order valence-electron chi connectivity index (χ0n) is 12.4. The van der Waals surface area contributed by atoms with E-state index in [1.165, 1.54) is 24.3 Å². The van der Waals surface area contributed by atoms with Crippen LogP contribution in [0.1, 0.15) is 42.0 Å². The summed E-state index contributed by atoms with van der Waals surface area (Å²) in [6.45, 7) is 3.89. The number of halogens is 1. The quantitative estimate of drug-likeness (QED) is 0.888. The number of carbonyl (C=O) groups excluding carboxylic acids is 2. The van der Waals surface area contributed by atoms with E-state index in [1.54, 1.807) is 22.9 Å². The molecule has 3 N–H and O–H groups in total. The van der Waals surface area contributed by atoms with Crippen molar-refractivity contribution in [1.29, 1.82) is 0 Å². The highest BCUT2D eigenvalue weighted by Gasteiger charge is 2.22. The van der Waals surface area contributed by atoms with E-state index in [0.29, 0.717) is 11.3 Å². The van der Waals surface area contributed by atoms with Crippen LogP contribution >= 0.6 is 0 Å². The SMILES string of the molecule is CC(C)n1cccc1C(=O)N[C@H](C(N)=O)c1ccc(F)cc1. The molecule has 5 nitrogen and oxygen atoms in total. The lowest BCUT2D eigenvalue weighted by Gasteiger charge is -2.18. The van der Waals surface area contributed by atoms with Gasteiger partial charge in [-0.2, -0.15) is 0 Å². The molecule has 0 spiro atoms. The lowest BCUT2D eigenvalue weighted by atomic mass is 10.1. The molecule has 1 atom stereocenters. The van der Waals surface area contributed by atoms with Crippen LogP contribution in [0.15, 0.2) is 42.6 Å². The van der Waals surface area contributed by atoms with Gasteiger partial charge in [0.1, 0.15) is 17.6 Å². The molecule has 22 heavy (non-hydrogen) atoms. The molecular weight excluding hydrogens is 285 g/mol. The fraction of sp³-hybridized carbons (Fsp3) is 0.250. The Morgan fingerprint density at radius 3 is 2.36 bits per heavy atom. The maximum atomic E-state index is 13.0. The molecule has 0 aliphatic heterocycles. The highest BCUT2D eigenvalue weighted by molar-refractivity contribution is 5.96. The monoisotopic (exact) mass is 303 g/mol. The van der Waals surface area contributed by atoms with Crippen molar-refractivity contribution in [3.63, 3.8) is 0 Å². The smallest absolute Gasteiger partial charge is 0.268 e. The Morgan fingerprint density at radius 2 is 1.82 bits per heavy atom. The summed E-state index contributed by atoms with van der Waals surface area (Å²) < 4.78 is 14.8. The van der Waals surface area contributed by atoms with Crippen molar-refractivity contribution in [2.24, 2.45) is 5.73 Å². The second-order valence-corrected chi connectivity index (χ2v) is 5.25. The second-order valence-electron chi connectivity index (χ2n) is 5.25. The Labute approximate surface area is 127 Å². The summed E-state index contributed by atoms with van der Waals surface area (Å²) in [4.78, 5) is 24.0. The number of benzene rings is 1. The predicted molar refractivity (Wildman–Crippen MR) is 80.6 cm³/mol. The van der Waals surface area contributed by atoms with Gasteiger partial charge in [0.25, 0.3) is 5.91 Å². The minimum Gasteiger partial charge on any atom is -0.368 e. The van der Waals surface area contributed by atoms with E-state index in [1.807, 2.05) is 13.8 Å². The van der Waals surface area contributed by atoms with Gasteiger partial charge in [0.2, 0.25) is 5.91 Å². The highest BCUT2D eigenvalue weighted by atomic mass is 19.1. The number of hydrogen-bond donors (Lipinski definition) is 2. The van der Waals surface area contributed by atoms with Crippen LogP contribution in [-0.2, 0) is 4.79 Å².